The highest BCUT2D eigenvalue weighted by Gasteiger charge is 2.14. The predicted octanol–water partition coefficient (Wildman–Crippen LogP) is 4.95. The molecule has 0 radical (unpaired) electrons. The van der Waals surface area contributed by atoms with Crippen LogP contribution in [0.4, 0.5) is 11.4 Å². The average molecular weight is 387 g/mol. The summed E-state index contributed by atoms with van der Waals surface area (Å²) in [4.78, 5) is 30.4. The van der Waals surface area contributed by atoms with Crippen molar-refractivity contribution in [1.82, 2.24) is 4.98 Å². The molecule has 0 aliphatic rings. The zero-order valence-electron chi connectivity index (χ0n) is 16.9. The van der Waals surface area contributed by atoms with E-state index in [9.17, 15) is 9.59 Å². The van der Waals surface area contributed by atoms with Crippen LogP contribution in [0.25, 0.3) is 0 Å². The van der Waals surface area contributed by atoms with E-state index in [1.54, 1.807) is 36.5 Å². The Bertz CT molecular complexity index is 965. The number of nitrogens with zero attached hydrogens (tertiary/aromatic N) is 2. The number of hydrogen-bond acceptors (Lipinski definition) is 4. The topological polar surface area (TPSA) is 62.3 Å². The maximum atomic E-state index is 12.5. The zero-order chi connectivity index (χ0) is 20.8. The molecule has 0 aliphatic heterocycles. The van der Waals surface area contributed by atoms with Crippen LogP contribution in [-0.2, 0) is 6.54 Å². The summed E-state index contributed by atoms with van der Waals surface area (Å²) < 4.78 is 0. The van der Waals surface area contributed by atoms with Crippen molar-refractivity contribution in [2.75, 3.05) is 10.2 Å². The third-order valence-electron chi connectivity index (χ3n) is 4.68. The van der Waals surface area contributed by atoms with Gasteiger partial charge in [-0.15, -0.1) is 0 Å². The first kappa shape index (κ1) is 20.3. The fourth-order valence-electron chi connectivity index (χ4n) is 3.03. The fraction of sp³-hybridized carbons (Fsp3) is 0.208. The zero-order valence-corrected chi connectivity index (χ0v) is 16.9. The van der Waals surface area contributed by atoms with Gasteiger partial charge in [0.05, 0.1) is 11.9 Å². The summed E-state index contributed by atoms with van der Waals surface area (Å²) in [7, 11) is 0. The molecule has 0 saturated carbocycles. The molecule has 148 valence electrons. The van der Waals surface area contributed by atoms with Gasteiger partial charge < -0.3 is 10.2 Å². The highest BCUT2D eigenvalue weighted by atomic mass is 16.2. The first-order chi connectivity index (χ1) is 13.9. The van der Waals surface area contributed by atoms with Gasteiger partial charge in [0.25, 0.3) is 5.91 Å². The van der Waals surface area contributed by atoms with Crippen molar-refractivity contribution < 1.29 is 9.59 Å². The van der Waals surface area contributed by atoms with Crippen LogP contribution in [0.15, 0.2) is 72.9 Å². The summed E-state index contributed by atoms with van der Waals surface area (Å²) in [6, 6.07) is 21.0. The minimum Gasteiger partial charge on any atom is -0.364 e. The number of rotatable bonds is 7. The minimum atomic E-state index is -0.286. The van der Waals surface area contributed by atoms with Crippen molar-refractivity contribution in [3.05, 3.63) is 89.7 Å². The van der Waals surface area contributed by atoms with E-state index in [0.29, 0.717) is 16.9 Å². The van der Waals surface area contributed by atoms with Gasteiger partial charge in [-0.05, 0) is 62.7 Å². The third kappa shape index (κ3) is 5.29. The van der Waals surface area contributed by atoms with E-state index in [4.69, 9.17) is 0 Å². The first-order valence-electron chi connectivity index (χ1n) is 9.63. The molecule has 0 saturated heterocycles. The average Bonchev–Trinajstić information content (AvgIpc) is 2.73. The van der Waals surface area contributed by atoms with Gasteiger partial charge in [-0.25, -0.2) is 4.98 Å². The molecule has 1 amide bonds. The maximum absolute atomic E-state index is 12.5. The third-order valence-corrected chi connectivity index (χ3v) is 4.68. The number of anilines is 2. The number of nitrogens with one attached hydrogen (secondary N) is 1. The van der Waals surface area contributed by atoms with E-state index in [-0.39, 0.29) is 17.7 Å². The molecule has 0 unspecified atom stereocenters. The number of hydrogen-bond donors (Lipinski definition) is 1. The quantitative estimate of drug-likeness (QED) is 0.583. The van der Waals surface area contributed by atoms with Crippen LogP contribution >= 0.6 is 0 Å². The summed E-state index contributed by atoms with van der Waals surface area (Å²) in [5.74, 6) is -0.295. The van der Waals surface area contributed by atoms with E-state index in [0.717, 1.165) is 12.2 Å². The van der Waals surface area contributed by atoms with Crippen LogP contribution in [0.1, 0.15) is 47.2 Å². The molecule has 3 rings (SSSR count). The van der Waals surface area contributed by atoms with Gasteiger partial charge in [0.15, 0.2) is 5.78 Å². The van der Waals surface area contributed by atoms with Crippen molar-refractivity contribution in [1.29, 1.82) is 0 Å². The number of amides is 1. The molecule has 29 heavy (non-hydrogen) atoms. The monoisotopic (exact) mass is 387 g/mol. The van der Waals surface area contributed by atoms with Crippen molar-refractivity contribution in [2.24, 2.45) is 0 Å². The predicted molar refractivity (Wildman–Crippen MR) is 116 cm³/mol. The Hall–Kier alpha value is -3.47. The molecule has 1 heterocycles. The van der Waals surface area contributed by atoms with Crippen LogP contribution < -0.4 is 10.2 Å². The van der Waals surface area contributed by atoms with Gasteiger partial charge in [0.1, 0.15) is 5.69 Å². The molecular weight excluding hydrogens is 362 g/mol. The highest BCUT2D eigenvalue weighted by Crippen LogP contribution is 2.20. The van der Waals surface area contributed by atoms with Crippen molar-refractivity contribution in [3.63, 3.8) is 0 Å². The Balaban J connectivity index is 1.70. The summed E-state index contributed by atoms with van der Waals surface area (Å²) in [5, 5.41) is 2.81. The molecule has 5 heteroatoms. The van der Waals surface area contributed by atoms with Crippen LogP contribution in [0.3, 0.4) is 0 Å². The molecular formula is C24H25N3O2. The second-order valence-corrected chi connectivity index (χ2v) is 7.20. The van der Waals surface area contributed by atoms with Gasteiger partial charge in [-0.1, -0.05) is 30.3 Å². The normalized spacial score (nSPS) is 10.6. The Morgan fingerprint density at radius 3 is 2.21 bits per heavy atom. The van der Waals surface area contributed by atoms with E-state index < -0.39 is 0 Å². The van der Waals surface area contributed by atoms with Gasteiger partial charge in [0, 0.05) is 23.8 Å². The van der Waals surface area contributed by atoms with Crippen molar-refractivity contribution in [3.8, 4) is 0 Å². The number of Topliss-reactive ketones (excluding diaryl/α,β-unsaturated/α-hetero) is 1. The lowest BCUT2D eigenvalue weighted by molar-refractivity contribution is 0.101. The molecule has 5 nitrogen and oxygen atoms in total. The van der Waals surface area contributed by atoms with Crippen LogP contribution in [0.5, 0.6) is 0 Å². The molecule has 0 bridgehead atoms. The molecule has 0 atom stereocenters. The lowest BCUT2D eigenvalue weighted by atomic mass is 10.1. The number of carbonyl (C=O) groups excluding carboxylic acids is 2. The standard InChI is InChI=1S/C24H25N3O2/c1-17(2)27(16-19-7-5-4-6-8-19)22-13-14-23(25-15-22)24(29)26-21-11-9-20(10-12-21)18(3)28/h4-15,17H,16H2,1-3H3,(H,26,29). The second-order valence-electron chi connectivity index (χ2n) is 7.20. The molecule has 3 aromatic rings. The number of aromatic nitrogens is 1. The van der Waals surface area contributed by atoms with Gasteiger partial charge in [-0.3, -0.25) is 9.59 Å². The first-order valence-corrected chi connectivity index (χ1v) is 9.63. The van der Waals surface area contributed by atoms with E-state index >= 15 is 0 Å². The summed E-state index contributed by atoms with van der Waals surface area (Å²) >= 11 is 0. The smallest absolute Gasteiger partial charge is 0.274 e. The second kappa shape index (κ2) is 9.15. The number of ketones is 1. The maximum Gasteiger partial charge on any atom is 0.274 e. The highest BCUT2D eigenvalue weighted by molar-refractivity contribution is 6.03. The SMILES string of the molecule is CC(=O)c1ccc(NC(=O)c2ccc(N(Cc3ccccc3)C(C)C)cn2)cc1. The molecule has 1 aromatic heterocycles. The number of benzene rings is 2. The number of pyridine rings is 1. The Labute approximate surface area is 171 Å². The Morgan fingerprint density at radius 2 is 1.66 bits per heavy atom. The summed E-state index contributed by atoms with van der Waals surface area (Å²) in [6.07, 6.45) is 1.73. The van der Waals surface area contributed by atoms with Gasteiger partial charge in [-0.2, -0.15) is 0 Å². The molecule has 0 fully saturated rings. The molecule has 0 spiro atoms. The lowest BCUT2D eigenvalue weighted by Crippen LogP contribution is -2.30. The van der Waals surface area contributed by atoms with Gasteiger partial charge >= 0.3 is 0 Å². The number of carbonyl (C=O) groups is 2. The van der Waals surface area contributed by atoms with Crippen LogP contribution in [0, 0.1) is 0 Å². The lowest BCUT2D eigenvalue weighted by Gasteiger charge is -2.29. The van der Waals surface area contributed by atoms with Crippen LogP contribution in [0.2, 0.25) is 0 Å². The van der Waals surface area contributed by atoms with Crippen molar-refractivity contribution >= 4 is 23.1 Å². The van der Waals surface area contributed by atoms with Crippen molar-refractivity contribution in [2.45, 2.75) is 33.4 Å². The minimum absolute atomic E-state index is 0.00894. The molecule has 1 N–H and O–H groups in total. The van der Waals surface area contributed by atoms with E-state index in [2.05, 4.69) is 41.2 Å². The summed E-state index contributed by atoms with van der Waals surface area (Å²) in [5.41, 5.74) is 3.76. The van der Waals surface area contributed by atoms with Gasteiger partial charge in [0.2, 0.25) is 0 Å². The largest absolute Gasteiger partial charge is 0.364 e. The molecule has 0 aliphatic carbocycles. The summed E-state index contributed by atoms with van der Waals surface area (Å²) in [6.45, 7) is 6.55. The Morgan fingerprint density at radius 1 is 0.966 bits per heavy atom. The molecule has 2 aromatic carbocycles. The van der Waals surface area contributed by atoms with E-state index in [1.165, 1.54) is 12.5 Å². The fourth-order valence-corrected chi connectivity index (χ4v) is 3.03. The Kier molecular flexibility index (Phi) is 6.39. The van der Waals surface area contributed by atoms with Crippen LogP contribution in [-0.4, -0.2) is 22.7 Å². The van der Waals surface area contributed by atoms with E-state index in [1.807, 2.05) is 24.3 Å².